The Morgan fingerprint density at radius 3 is 2.71 bits per heavy atom. The predicted molar refractivity (Wildman–Crippen MR) is 94.8 cm³/mol. The van der Waals surface area contributed by atoms with E-state index in [-0.39, 0.29) is 5.91 Å². The molecule has 0 aliphatic carbocycles. The predicted octanol–water partition coefficient (Wildman–Crippen LogP) is 4.33. The van der Waals surface area contributed by atoms with E-state index >= 15 is 0 Å². The van der Waals surface area contributed by atoms with Crippen LogP contribution in [0.25, 0.3) is 0 Å². The minimum atomic E-state index is 0.00700. The minimum Gasteiger partial charge on any atom is -0.493 e. The van der Waals surface area contributed by atoms with Crippen LogP contribution in [-0.2, 0) is 11.2 Å². The zero-order valence-corrected chi connectivity index (χ0v) is 13.7. The molecule has 1 N–H and O–H groups in total. The number of anilines is 1. The van der Waals surface area contributed by atoms with E-state index in [2.05, 4.69) is 23.5 Å². The Kier molecular flexibility index (Phi) is 7.36. The van der Waals surface area contributed by atoms with Gasteiger partial charge in [0.05, 0.1) is 12.7 Å². The van der Waals surface area contributed by atoms with E-state index in [0.717, 1.165) is 18.5 Å². The highest BCUT2D eigenvalue weighted by atomic mass is 16.5. The number of hydrogen-bond donors (Lipinski definition) is 1. The lowest BCUT2D eigenvalue weighted by Crippen LogP contribution is -2.11. The number of benzene rings is 2. The third-order valence-electron chi connectivity index (χ3n) is 3.53. The largest absolute Gasteiger partial charge is 0.493 e. The van der Waals surface area contributed by atoms with Crippen molar-refractivity contribution in [3.8, 4) is 11.8 Å². The molecule has 4 heteroatoms. The number of rotatable bonds is 9. The van der Waals surface area contributed by atoms with E-state index in [1.807, 2.05) is 42.5 Å². The Morgan fingerprint density at radius 2 is 1.92 bits per heavy atom. The highest BCUT2D eigenvalue weighted by Gasteiger charge is 2.04. The molecule has 0 bridgehead atoms. The molecule has 0 aromatic heterocycles. The number of ether oxygens (including phenoxy) is 1. The van der Waals surface area contributed by atoms with Crippen LogP contribution in [0.1, 0.15) is 31.2 Å². The molecule has 0 heterocycles. The number of hydrogen-bond acceptors (Lipinski definition) is 3. The van der Waals surface area contributed by atoms with Crippen LogP contribution in [0.3, 0.4) is 0 Å². The number of nitrogens with one attached hydrogen (secondary N) is 1. The lowest BCUT2D eigenvalue weighted by molar-refractivity contribution is -0.116. The summed E-state index contributed by atoms with van der Waals surface area (Å²) in [5.41, 5.74) is 1.98. The van der Waals surface area contributed by atoms with Crippen LogP contribution in [0.15, 0.2) is 54.6 Å². The second-order valence-electron chi connectivity index (χ2n) is 5.53. The molecule has 0 spiro atoms. The van der Waals surface area contributed by atoms with Gasteiger partial charge in [0.15, 0.2) is 0 Å². The van der Waals surface area contributed by atoms with Gasteiger partial charge in [0.1, 0.15) is 5.75 Å². The van der Waals surface area contributed by atoms with E-state index in [1.165, 1.54) is 5.56 Å². The standard InChI is InChI=1S/C20H22N2O2/c21-14-4-5-15-24-19-12-7-11-18(16-19)22-20(23)13-6-10-17-8-2-1-3-9-17/h1-3,7-9,11-12,16H,4-6,10,13,15H2,(H,22,23). The zero-order chi connectivity index (χ0) is 17.0. The van der Waals surface area contributed by atoms with Crippen molar-refractivity contribution in [3.05, 3.63) is 60.2 Å². The second-order valence-corrected chi connectivity index (χ2v) is 5.53. The third kappa shape index (κ3) is 6.53. The first-order valence-corrected chi connectivity index (χ1v) is 8.21. The van der Waals surface area contributed by atoms with E-state index in [0.29, 0.717) is 31.6 Å². The van der Waals surface area contributed by atoms with Crippen LogP contribution in [0.2, 0.25) is 0 Å². The molecule has 0 fully saturated rings. The Labute approximate surface area is 143 Å². The molecule has 0 saturated heterocycles. The first kappa shape index (κ1) is 17.6. The van der Waals surface area contributed by atoms with Crippen LogP contribution in [0.5, 0.6) is 5.75 Å². The summed E-state index contributed by atoms with van der Waals surface area (Å²) in [6.45, 7) is 0.502. The quantitative estimate of drug-likeness (QED) is 0.699. The van der Waals surface area contributed by atoms with Gasteiger partial charge < -0.3 is 10.1 Å². The molecule has 0 atom stereocenters. The van der Waals surface area contributed by atoms with Gasteiger partial charge in [0.2, 0.25) is 5.91 Å². The van der Waals surface area contributed by atoms with Gasteiger partial charge in [0, 0.05) is 24.6 Å². The molecule has 0 aliphatic rings. The van der Waals surface area contributed by atoms with Crippen LogP contribution < -0.4 is 10.1 Å². The molecular formula is C20H22N2O2. The third-order valence-corrected chi connectivity index (χ3v) is 3.53. The van der Waals surface area contributed by atoms with Crippen molar-refractivity contribution in [3.63, 3.8) is 0 Å². The summed E-state index contributed by atoms with van der Waals surface area (Å²) in [4.78, 5) is 12.0. The van der Waals surface area contributed by atoms with Crippen molar-refractivity contribution in [2.45, 2.75) is 32.1 Å². The molecule has 4 nitrogen and oxygen atoms in total. The minimum absolute atomic E-state index is 0.00700. The van der Waals surface area contributed by atoms with Crippen LogP contribution in [-0.4, -0.2) is 12.5 Å². The molecule has 2 rings (SSSR count). The Hall–Kier alpha value is -2.80. The summed E-state index contributed by atoms with van der Waals surface area (Å²) in [5, 5.41) is 11.4. The van der Waals surface area contributed by atoms with Gasteiger partial charge in [-0.3, -0.25) is 4.79 Å². The van der Waals surface area contributed by atoms with Gasteiger partial charge in [-0.1, -0.05) is 36.4 Å². The van der Waals surface area contributed by atoms with Crippen LogP contribution >= 0.6 is 0 Å². The van der Waals surface area contributed by atoms with Gasteiger partial charge in [-0.05, 0) is 37.0 Å². The number of amides is 1. The summed E-state index contributed by atoms with van der Waals surface area (Å²) in [6, 6.07) is 19.6. The molecule has 0 unspecified atom stereocenters. The highest BCUT2D eigenvalue weighted by Crippen LogP contribution is 2.18. The normalized spacial score (nSPS) is 9.96. The van der Waals surface area contributed by atoms with Crippen LogP contribution in [0.4, 0.5) is 5.69 Å². The fraction of sp³-hybridized carbons (Fsp3) is 0.300. The number of nitriles is 1. The smallest absolute Gasteiger partial charge is 0.224 e. The molecule has 124 valence electrons. The first-order valence-electron chi connectivity index (χ1n) is 8.21. The topological polar surface area (TPSA) is 62.1 Å². The van der Waals surface area contributed by atoms with Crippen LogP contribution in [0, 0.1) is 11.3 Å². The molecule has 0 radical (unpaired) electrons. The van der Waals surface area contributed by atoms with E-state index in [4.69, 9.17) is 10.00 Å². The monoisotopic (exact) mass is 322 g/mol. The van der Waals surface area contributed by atoms with E-state index in [1.54, 1.807) is 0 Å². The molecule has 24 heavy (non-hydrogen) atoms. The maximum atomic E-state index is 12.0. The lowest BCUT2D eigenvalue weighted by atomic mass is 10.1. The maximum Gasteiger partial charge on any atom is 0.224 e. The van der Waals surface area contributed by atoms with E-state index < -0.39 is 0 Å². The fourth-order valence-electron chi connectivity index (χ4n) is 2.33. The van der Waals surface area contributed by atoms with Gasteiger partial charge in [-0.25, -0.2) is 0 Å². The molecular weight excluding hydrogens is 300 g/mol. The van der Waals surface area contributed by atoms with Crippen molar-refractivity contribution in [2.24, 2.45) is 0 Å². The molecule has 1 amide bonds. The summed E-state index contributed by atoms with van der Waals surface area (Å²) < 4.78 is 5.57. The van der Waals surface area contributed by atoms with E-state index in [9.17, 15) is 4.79 Å². The van der Waals surface area contributed by atoms with Crippen molar-refractivity contribution in [1.82, 2.24) is 0 Å². The first-order chi connectivity index (χ1) is 11.8. The molecule has 2 aromatic rings. The Bertz CT molecular complexity index is 678. The lowest BCUT2D eigenvalue weighted by Gasteiger charge is -2.09. The van der Waals surface area contributed by atoms with Crippen molar-refractivity contribution >= 4 is 11.6 Å². The average Bonchev–Trinajstić information content (AvgIpc) is 2.60. The number of nitrogens with zero attached hydrogens (tertiary/aromatic N) is 1. The van der Waals surface area contributed by atoms with Gasteiger partial charge >= 0.3 is 0 Å². The number of unbranched alkanes of at least 4 members (excludes halogenated alkanes) is 1. The summed E-state index contributed by atoms with van der Waals surface area (Å²) in [7, 11) is 0. The molecule has 0 aliphatic heterocycles. The average molecular weight is 322 g/mol. The van der Waals surface area contributed by atoms with Gasteiger partial charge in [0.25, 0.3) is 0 Å². The summed E-state index contributed by atoms with van der Waals surface area (Å²) in [6.07, 6.45) is 3.39. The number of carbonyl (C=O) groups is 1. The zero-order valence-electron chi connectivity index (χ0n) is 13.7. The summed E-state index contributed by atoms with van der Waals surface area (Å²) >= 11 is 0. The molecule has 2 aromatic carbocycles. The Balaban J connectivity index is 1.74. The second kappa shape index (κ2) is 10.1. The summed E-state index contributed by atoms with van der Waals surface area (Å²) in [5.74, 6) is 0.711. The Morgan fingerprint density at radius 1 is 1.08 bits per heavy atom. The maximum absolute atomic E-state index is 12.0. The molecule has 0 saturated carbocycles. The van der Waals surface area contributed by atoms with Crippen molar-refractivity contribution in [2.75, 3.05) is 11.9 Å². The van der Waals surface area contributed by atoms with Crippen molar-refractivity contribution < 1.29 is 9.53 Å². The number of carbonyl (C=O) groups excluding carboxylic acids is 1. The van der Waals surface area contributed by atoms with Gasteiger partial charge in [-0.15, -0.1) is 0 Å². The SMILES string of the molecule is N#CCCCOc1cccc(NC(=O)CCCc2ccccc2)c1. The van der Waals surface area contributed by atoms with Crippen molar-refractivity contribution in [1.29, 1.82) is 5.26 Å². The highest BCUT2D eigenvalue weighted by molar-refractivity contribution is 5.90. The fourth-order valence-corrected chi connectivity index (χ4v) is 2.33. The van der Waals surface area contributed by atoms with Gasteiger partial charge in [-0.2, -0.15) is 5.26 Å². The number of aryl methyl sites for hydroxylation is 1.